The fourth-order valence-electron chi connectivity index (χ4n) is 7.35. The first kappa shape index (κ1) is 23.6. The van der Waals surface area contributed by atoms with Crippen LogP contribution >= 0.6 is 0 Å². The van der Waals surface area contributed by atoms with Gasteiger partial charge in [0.1, 0.15) is 0 Å². The van der Waals surface area contributed by atoms with Crippen LogP contribution in [0, 0.1) is 29.6 Å². The molecular weight excluding hydrogens is 352 g/mol. The number of hydrogen-bond donors (Lipinski definition) is 0. The Labute approximate surface area is 183 Å². The number of fused-ring (bicyclic) bond motifs is 3. The molecule has 3 aliphatic carbocycles. The van der Waals surface area contributed by atoms with Gasteiger partial charge >= 0.3 is 0 Å². The maximum absolute atomic E-state index is 6.51. The van der Waals surface area contributed by atoms with E-state index in [0.29, 0.717) is 12.2 Å². The zero-order valence-electron chi connectivity index (χ0n) is 20.2. The van der Waals surface area contributed by atoms with Crippen LogP contribution in [0.1, 0.15) is 136 Å². The molecule has 0 aromatic heterocycles. The molecule has 170 valence electrons. The first-order valence-corrected chi connectivity index (χ1v) is 13.9. The molecule has 0 aliphatic heterocycles. The molecule has 0 radical (unpaired) electrons. The third-order valence-electron chi connectivity index (χ3n) is 8.96. The maximum Gasteiger partial charge on any atom is 0.0581 e. The van der Waals surface area contributed by atoms with Gasteiger partial charge in [-0.2, -0.15) is 0 Å². The predicted octanol–water partition coefficient (Wildman–Crippen LogP) is 8.94. The minimum Gasteiger partial charge on any atom is -0.375 e. The van der Waals surface area contributed by atoms with Crippen molar-refractivity contribution in [1.29, 1.82) is 0 Å². The highest BCUT2D eigenvalue weighted by Gasteiger charge is 2.44. The Hall–Kier alpha value is -0.0400. The Morgan fingerprint density at radius 1 is 0.690 bits per heavy atom. The Balaban J connectivity index is 1.37. The average molecular weight is 405 g/mol. The van der Waals surface area contributed by atoms with E-state index < -0.39 is 0 Å². The summed E-state index contributed by atoms with van der Waals surface area (Å²) in [6.07, 6.45) is 27.1. The summed E-state index contributed by atoms with van der Waals surface area (Å²) in [5.74, 6) is 5.26. The van der Waals surface area contributed by atoms with E-state index in [9.17, 15) is 0 Å². The topological polar surface area (TPSA) is 9.23 Å². The molecule has 3 aliphatic rings. The van der Waals surface area contributed by atoms with Crippen LogP contribution in [-0.2, 0) is 4.74 Å². The van der Waals surface area contributed by atoms with Crippen LogP contribution in [0.5, 0.6) is 0 Å². The molecule has 0 saturated heterocycles. The molecule has 3 fully saturated rings. The highest BCUT2D eigenvalue weighted by atomic mass is 16.5. The Kier molecular flexibility index (Phi) is 10.4. The Morgan fingerprint density at radius 3 is 2.10 bits per heavy atom. The van der Waals surface area contributed by atoms with Crippen LogP contribution in [0.3, 0.4) is 0 Å². The summed E-state index contributed by atoms with van der Waals surface area (Å²) in [5.41, 5.74) is 0. The fourth-order valence-corrected chi connectivity index (χ4v) is 7.35. The van der Waals surface area contributed by atoms with E-state index in [1.807, 2.05) is 0 Å². The molecule has 29 heavy (non-hydrogen) atoms. The van der Waals surface area contributed by atoms with Crippen molar-refractivity contribution in [2.45, 2.75) is 149 Å². The summed E-state index contributed by atoms with van der Waals surface area (Å²) in [6, 6.07) is 0. The van der Waals surface area contributed by atoms with Gasteiger partial charge in [-0.3, -0.25) is 0 Å². The molecule has 1 heteroatoms. The molecule has 0 bridgehead atoms. The molecule has 3 saturated carbocycles. The van der Waals surface area contributed by atoms with Gasteiger partial charge in [-0.1, -0.05) is 78.1 Å². The smallest absolute Gasteiger partial charge is 0.0581 e. The highest BCUT2D eigenvalue weighted by Crippen LogP contribution is 2.53. The predicted molar refractivity (Wildman–Crippen MR) is 126 cm³/mol. The molecule has 7 unspecified atom stereocenters. The van der Waals surface area contributed by atoms with Crippen molar-refractivity contribution in [3.63, 3.8) is 0 Å². The summed E-state index contributed by atoms with van der Waals surface area (Å²) in [6.45, 7) is 6.94. The van der Waals surface area contributed by atoms with Crippen molar-refractivity contribution >= 4 is 0 Å². The maximum atomic E-state index is 6.51. The van der Waals surface area contributed by atoms with Gasteiger partial charge < -0.3 is 4.74 Å². The van der Waals surface area contributed by atoms with Crippen molar-refractivity contribution in [3.05, 3.63) is 0 Å². The molecule has 1 nitrogen and oxygen atoms in total. The van der Waals surface area contributed by atoms with Gasteiger partial charge in [0.05, 0.1) is 12.2 Å². The Morgan fingerprint density at radius 2 is 1.34 bits per heavy atom. The number of unbranched alkanes of at least 4 members (excludes halogenated alkanes) is 6. The van der Waals surface area contributed by atoms with E-state index in [0.717, 1.165) is 29.6 Å². The van der Waals surface area contributed by atoms with Crippen molar-refractivity contribution in [1.82, 2.24) is 0 Å². The van der Waals surface area contributed by atoms with Crippen molar-refractivity contribution in [3.8, 4) is 0 Å². The van der Waals surface area contributed by atoms with Gasteiger partial charge in [0.2, 0.25) is 0 Å². The minimum absolute atomic E-state index is 0.479. The average Bonchev–Trinajstić information content (AvgIpc) is 2.73. The van der Waals surface area contributed by atoms with Crippen molar-refractivity contribution in [2.75, 3.05) is 0 Å². The molecule has 0 N–H and O–H groups in total. The summed E-state index contributed by atoms with van der Waals surface area (Å²) < 4.78 is 6.51. The van der Waals surface area contributed by atoms with Gasteiger partial charge in [0, 0.05) is 0 Å². The third-order valence-corrected chi connectivity index (χ3v) is 8.96. The fraction of sp³-hybridized carbons (Fsp3) is 1.00. The first-order chi connectivity index (χ1) is 14.2. The molecule has 0 aromatic carbocycles. The summed E-state index contributed by atoms with van der Waals surface area (Å²) in [4.78, 5) is 0. The van der Waals surface area contributed by atoms with Gasteiger partial charge in [-0.15, -0.1) is 0 Å². The van der Waals surface area contributed by atoms with Gasteiger partial charge in [-0.05, 0) is 87.9 Å². The van der Waals surface area contributed by atoms with Crippen LogP contribution in [0.15, 0.2) is 0 Å². The highest BCUT2D eigenvalue weighted by molar-refractivity contribution is 4.94. The zero-order valence-corrected chi connectivity index (χ0v) is 20.2. The van der Waals surface area contributed by atoms with Crippen LogP contribution in [0.4, 0.5) is 0 Å². The summed E-state index contributed by atoms with van der Waals surface area (Å²) in [5, 5.41) is 0. The molecule has 0 aromatic rings. The minimum atomic E-state index is 0.479. The lowest BCUT2D eigenvalue weighted by Gasteiger charge is -2.51. The summed E-state index contributed by atoms with van der Waals surface area (Å²) >= 11 is 0. The molecule has 3 rings (SSSR count). The molecule has 0 heterocycles. The van der Waals surface area contributed by atoms with E-state index in [1.54, 1.807) is 19.3 Å². The van der Waals surface area contributed by atoms with E-state index >= 15 is 0 Å². The number of rotatable bonds is 12. The quantitative estimate of drug-likeness (QED) is 0.295. The largest absolute Gasteiger partial charge is 0.375 e. The standard InChI is InChI=1S/C28H52O/c1-4-6-8-9-11-13-23-14-18-27-24(20-23)15-16-25-21-26(17-19-28(25)27)29-22(3)12-10-7-5-2/h22-28H,4-21H2,1-3H3. The lowest BCUT2D eigenvalue weighted by Crippen LogP contribution is -2.43. The molecule has 0 spiro atoms. The zero-order chi connectivity index (χ0) is 20.5. The van der Waals surface area contributed by atoms with Crippen molar-refractivity contribution < 1.29 is 4.74 Å². The second-order valence-electron chi connectivity index (χ2n) is 11.2. The van der Waals surface area contributed by atoms with Gasteiger partial charge in [-0.25, -0.2) is 0 Å². The van der Waals surface area contributed by atoms with E-state index in [4.69, 9.17) is 4.74 Å². The van der Waals surface area contributed by atoms with Crippen LogP contribution in [0.25, 0.3) is 0 Å². The molecule has 0 amide bonds. The van der Waals surface area contributed by atoms with Crippen LogP contribution < -0.4 is 0 Å². The number of hydrogen-bond acceptors (Lipinski definition) is 1. The third kappa shape index (κ3) is 7.26. The van der Waals surface area contributed by atoms with E-state index in [2.05, 4.69) is 20.8 Å². The normalized spacial score (nSPS) is 35.7. The first-order valence-electron chi connectivity index (χ1n) is 13.9. The van der Waals surface area contributed by atoms with Crippen LogP contribution in [-0.4, -0.2) is 12.2 Å². The van der Waals surface area contributed by atoms with E-state index in [1.165, 1.54) is 96.3 Å². The van der Waals surface area contributed by atoms with Crippen molar-refractivity contribution in [2.24, 2.45) is 29.6 Å². The second kappa shape index (κ2) is 12.7. The second-order valence-corrected chi connectivity index (χ2v) is 11.2. The number of ether oxygens (including phenoxy) is 1. The monoisotopic (exact) mass is 404 g/mol. The van der Waals surface area contributed by atoms with Crippen LogP contribution in [0.2, 0.25) is 0 Å². The van der Waals surface area contributed by atoms with Gasteiger partial charge in [0.15, 0.2) is 0 Å². The SMILES string of the molecule is CCCCCCCC1CCC2C(CCC3CC(OC(C)CCCCC)CCC32)C1. The van der Waals surface area contributed by atoms with Gasteiger partial charge in [0.25, 0.3) is 0 Å². The lowest BCUT2D eigenvalue weighted by atomic mass is 9.56. The molecule has 7 atom stereocenters. The Bertz CT molecular complexity index is 432. The summed E-state index contributed by atoms with van der Waals surface area (Å²) in [7, 11) is 0. The molecular formula is C28H52O. The lowest BCUT2D eigenvalue weighted by molar-refractivity contribution is -0.0774. The van der Waals surface area contributed by atoms with E-state index in [-0.39, 0.29) is 0 Å².